The Hall–Kier alpha value is -1.06. The van der Waals surface area contributed by atoms with Crippen molar-refractivity contribution in [3.05, 3.63) is 69.4 Å². The van der Waals surface area contributed by atoms with Crippen LogP contribution in [0.4, 0.5) is 0 Å². The maximum atomic E-state index is 9.69. The molecule has 0 amide bonds. The highest BCUT2D eigenvalue weighted by molar-refractivity contribution is 7.16. The number of aliphatic hydroxyl groups excluding tert-OH is 1. The number of thiophene rings is 1. The van der Waals surface area contributed by atoms with E-state index in [1.807, 2.05) is 24.3 Å². The van der Waals surface area contributed by atoms with Crippen LogP contribution in [-0.4, -0.2) is 11.7 Å². The molecule has 0 saturated heterocycles. The Morgan fingerprint density at radius 1 is 1.00 bits per heavy atom. The standard InChI is InChI=1S/C17H15ClOS.ClH/c18-17-8-7-16(20-17)10-15(11-19)14-6-5-12-3-1-2-4-13(12)9-14;/h1-9,15,19H,10-11H2;1H. The van der Waals surface area contributed by atoms with Gasteiger partial charge in [0.25, 0.3) is 0 Å². The summed E-state index contributed by atoms with van der Waals surface area (Å²) in [5, 5.41) is 12.1. The second-order valence-electron chi connectivity index (χ2n) is 4.90. The first kappa shape index (κ1) is 16.3. The van der Waals surface area contributed by atoms with Crippen LogP contribution < -0.4 is 0 Å². The van der Waals surface area contributed by atoms with Gasteiger partial charge in [-0.2, -0.15) is 0 Å². The topological polar surface area (TPSA) is 20.2 Å². The molecule has 0 saturated carbocycles. The van der Waals surface area contributed by atoms with Gasteiger partial charge in [-0.05, 0) is 34.9 Å². The molecule has 0 aliphatic heterocycles. The lowest BCUT2D eigenvalue weighted by molar-refractivity contribution is 0.265. The summed E-state index contributed by atoms with van der Waals surface area (Å²) in [6.45, 7) is 0.147. The van der Waals surface area contributed by atoms with E-state index in [1.54, 1.807) is 11.3 Å². The molecule has 0 bridgehead atoms. The lowest BCUT2D eigenvalue weighted by Crippen LogP contribution is -2.06. The van der Waals surface area contributed by atoms with Crippen LogP contribution >= 0.6 is 35.3 Å². The Bertz CT molecular complexity index is 723. The molecule has 21 heavy (non-hydrogen) atoms. The van der Waals surface area contributed by atoms with E-state index in [9.17, 15) is 5.11 Å². The second kappa shape index (κ2) is 7.28. The van der Waals surface area contributed by atoms with Crippen LogP contribution in [0.3, 0.4) is 0 Å². The zero-order valence-corrected chi connectivity index (χ0v) is 13.7. The Morgan fingerprint density at radius 3 is 2.43 bits per heavy atom. The summed E-state index contributed by atoms with van der Waals surface area (Å²) in [5.74, 6) is 0.120. The van der Waals surface area contributed by atoms with Gasteiger partial charge in [0.15, 0.2) is 0 Å². The summed E-state index contributed by atoms with van der Waals surface area (Å²) in [6.07, 6.45) is 0.826. The molecule has 1 nitrogen and oxygen atoms in total. The van der Waals surface area contributed by atoms with Crippen LogP contribution in [0, 0.1) is 0 Å². The Labute approximate surface area is 139 Å². The highest BCUT2D eigenvalue weighted by Crippen LogP contribution is 2.29. The number of hydrogen-bond donors (Lipinski definition) is 1. The molecule has 0 aliphatic carbocycles. The molecule has 1 heterocycles. The Kier molecular flexibility index (Phi) is 5.65. The van der Waals surface area contributed by atoms with E-state index in [1.165, 1.54) is 21.2 Å². The zero-order valence-electron chi connectivity index (χ0n) is 11.3. The van der Waals surface area contributed by atoms with Gasteiger partial charge in [0.05, 0.1) is 10.9 Å². The third-order valence-electron chi connectivity index (χ3n) is 3.54. The molecule has 3 aromatic rings. The van der Waals surface area contributed by atoms with Gasteiger partial charge in [-0.3, -0.25) is 0 Å². The molecule has 1 N–H and O–H groups in total. The SMILES string of the molecule is Cl.OCC(Cc1ccc(Cl)s1)c1ccc2ccccc2c1. The van der Waals surface area contributed by atoms with Crippen LogP contribution in [0.2, 0.25) is 4.34 Å². The average Bonchev–Trinajstić information content (AvgIpc) is 2.89. The molecule has 110 valence electrons. The fourth-order valence-corrected chi connectivity index (χ4v) is 3.62. The first-order chi connectivity index (χ1) is 9.76. The molecule has 3 rings (SSSR count). The third-order valence-corrected chi connectivity index (χ3v) is 4.80. The number of fused-ring (bicyclic) bond motifs is 1. The lowest BCUT2D eigenvalue weighted by atomic mass is 9.94. The molecule has 2 aromatic carbocycles. The van der Waals surface area contributed by atoms with E-state index in [2.05, 4.69) is 30.3 Å². The van der Waals surface area contributed by atoms with E-state index >= 15 is 0 Å². The van der Waals surface area contributed by atoms with Crippen LogP contribution in [0.1, 0.15) is 16.4 Å². The van der Waals surface area contributed by atoms with E-state index in [4.69, 9.17) is 11.6 Å². The van der Waals surface area contributed by atoms with Crippen LogP contribution in [0.25, 0.3) is 10.8 Å². The minimum Gasteiger partial charge on any atom is -0.396 e. The van der Waals surface area contributed by atoms with Gasteiger partial charge in [0.2, 0.25) is 0 Å². The molecule has 1 atom stereocenters. The minimum atomic E-state index is 0. The van der Waals surface area contributed by atoms with Gasteiger partial charge in [-0.25, -0.2) is 0 Å². The van der Waals surface area contributed by atoms with Gasteiger partial charge in [-0.15, -0.1) is 23.7 Å². The molecular weight excluding hydrogens is 323 g/mol. The predicted molar refractivity (Wildman–Crippen MR) is 94.1 cm³/mol. The second-order valence-corrected chi connectivity index (χ2v) is 6.70. The largest absolute Gasteiger partial charge is 0.396 e. The van der Waals surface area contributed by atoms with Gasteiger partial charge in [0.1, 0.15) is 0 Å². The average molecular weight is 339 g/mol. The molecule has 4 heteroatoms. The van der Waals surface area contributed by atoms with Crippen molar-refractivity contribution in [1.29, 1.82) is 0 Å². The summed E-state index contributed by atoms with van der Waals surface area (Å²) in [4.78, 5) is 1.21. The Balaban J connectivity index is 0.00000161. The third kappa shape index (κ3) is 3.78. The zero-order chi connectivity index (χ0) is 13.9. The van der Waals surface area contributed by atoms with Crippen LogP contribution in [0.5, 0.6) is 0 Å². The number of benzene rings is 2. The maximum Gasteiger partial charge on any atom is 0.0931 e. The summed E-state index contributed by atoms with van der Waals surface area (Å²) >= 11 is 7.55. The first-order valence-electron chi connectivity index (χ1n) is 6.60. The van der Waals surface area contributed by atoms with Crippen molar-refractivity contribution in [2.24, 2.45) is 0 Å². The molecular formula is C17H16Cl2OS. The molecule has 1 aromatic heterocycles. The maximum absolute atomic E-state index is 9.69. The van der Waals surface area contributed by atoms with Crippen molar-refractivity contribution in [3.8, 4) is 0 Å². The van der Waals surface area contributed by atoms with E-state index in [0.717, 1.165) is 10.8 Å². The normalized spacial score (nSPS) is 12.1. The number of rotatable bonds is 4. The first-order valence-corrected chi connectivity index (χ1v) is 7.79. The quantitative estimate of drug-likeness (QED) is 0.684. The van der Waals surface area contributed by atoms with Crippen molar-refractivity contribution in [2.45, 2.75) is 12.3 Å². The summed E-state index contributed by atoms with van der Waals surface area (Å²) < 4.78 is 0.801. The van der Waals surface area contributed by atoms with E-state index < -0.39 is 0 Å². The van der Waals surface area contributed by atoms with Gasteiger partial charge in [-0.1, -0.05) is 54.1 Å². The molecule has 0 spiro atoms. The monoisotopic (exact) mass is 338 g/mol. The molecule has 1 unspecified atom stereocenters. The fourth-order valence-electron chi connectivity index (χ4n) is 2.45. The summed E-state index contributed by atoms with van der Waals surface area (Å²) in [5.41, 5.74) is 1.18. The minimum absolute atomic E-state index is 0. The highest BCUT2D eigenvalue weighted by Gasteiger charge is 2.13. The van der Waals surface area contributed by atoms with Crippen molar-refractivity contribution >= 4 is 46.1 Å². The molecule has 0 radical (unpaired) electrons. The van der Waals surface area contributed by atoms with Gasteiger partial charge < -0.3 is 5.11 Å². The summed E-state index contributed by atoms with van der Waals surface area (Å²) in [6, 6.07) is 18.6. The van der Waals surface area contributed by atoms with Gasteiger partial charge >= 0.3 is 0 Å². The predicted octanol–water partition coefficient (Wildman–Crippen LogP) is 5.30. The number of hydrogen-bond acceptors (Lipinski definition) is 2. The van der Waals surface area contributed by atoms with Crippen molar-refractivity contribution < 1.29 is 5.11 Å². The number of aliphatic hydroxyl groups is 1. The van der Waals surface area contributed by atoms with Crippen molar-refractivity contribution in [3.63, 3.8) is 0 Å². The highest BCUT2D eigenvalue weighted by atomic mass is 35.5. The van der Waals surface area contributed by atoms with E-state index in [-0.39, 0.29) is 24.9 Å². The van der Waals surface area contributed by atoms with E-state index in [0.29, 0.717) is 0 Å². The van der Waals surface area contributed by atoms with Crippen LogP contribution in [0.15, 0.2) is 54.6 Å². The van der Waals surface area contributed by atoms with Crippen molar-refractivity contribution in [1.82, 2.24) is 0 Å². The molecule has 0 fully saturated rings. The lowest BCUT2D eigenvalue weighted by Gasteiger charge is -2.14. The number of halogens is 2. The van der Waals surface area contributed by atoms with Crippen LogP contribution in [-0.2, 0) is 6.42 Å². The smallest absolute Gasteiger partial charge is 0.0931 e. The molecule has 0 aliphatic rings. The fraction of sp³-hybridized carbons (Fsp3) is 0.176. The Morgan fingerprint density at radius 2 is 1.76 bits per heavy atom. The van der Waals surface area contributed by atoms with Crippen molar-refractivity contribution in [2.75, 3.05) is 6.61 Å². The summed E-state index contributed by atoms with van der Waals surface area (Å²) in [7, 11) is 0. The van der Waals surface area contributed by atoms with Gasteiger partial charge in [0, 0.05) is 10.8 Å².